The van der Waals surface area contributed by atoms with E-state index >= 15 is 0 Å². The van der Waals surface area contributed by atoms with Crippen molar-refractivity contribution in [3.05, 3.63) is 23.8 Å². The summed E-state index contributed by atoms with van der Waals surface area (Å²) in [6.45, 7) is 0.587. The average molecular weight is 265 g/mol. The molecule has 0 aliphatic rings. The Morgan fingerprint density at radius 1 is 1.26 bits per heavy atom. The van der Waals surface area contributed by atoms with Gasteiger partial charge in [-0.2, -0.15) is 0 Å². The molecule has 104 valence electrons. The number of hydrogen-bond acceptors (Lipinski definition) is 4. The van der Waals surface area contributed by atoms with Gasteiger partial charge in [-0.3, -0.25) is 9.59 Å². The molecular formula is C13H19N3O3. The molecule has 0 fully saturated rings. The Labute approximate surface area is 112 Å². The summed E-state index contributed by atoms with van der Waals surface area (Å²) in [4.78, 5) is 23.2. The van der Waals surface area contributed by atoms with Crippen molar-refractivity contribution < 1.29 is 14.3 Å². The Kier molecular flexibility index (Phi) is 5.81. The quantitative estimate of drug-likeness (QED) is 0.704. The van der Waals surface area contributed by atoms with Crippen LogP contribution in [0, 0.1) is 0 Å². The van der Waals surface area contributed by atoms with Crippen LogP contribution in [-0.4, -0.2) is 39.6 Å². The molecular weight excluding hydrogens is 246 g/mol. The Bertz CT molecular complexity index is 460. The fraction of sp³-hybridized carbons (Fsp3) is 0.385. The van der Waals surface area contributed by atoms with Gasteiger partial charge in [0, 0.05) is 25.6 Å². The van der Waals surface area contributed by atoms with E-state index in [2.05, 4.69) is 16.0 Å². The predicted molar refractivity (Wildman–Crippen MR) is 73.6 cm³/mol. The molecule has 6 nitrogen and oxygen atoms in total. The first-order chi connectivity index (χ1) is 9.12. The lowest BCUT2D eigenvalue weighted by molar-refractivity contribution is -0.116. The maximum atomic E-state index is 11.7. The number of ether oxygens (including phenoxy) is 1. The van der Waals surface area contributed by atoms with Gasteiger partial charge in [0.25, 0.3) is 5.91 Å². The van der Waals surface area contributed by atoms with Gasteiger partial charge in [0.05, 0.1) is 12.8 Å². The highest BCUT2D eigenvalue weighted by Gasteiger charge is 2.11. The molecule has 0 heterocycles. The van der Waals surface area contributed by atoms with Crippen molar-refractivity contribution in [2.75, 3.05) is 33.1 Å². The zero-order valence-corrected chi connectivity index (χ0v) is 11.4. The molecule has 1 aromatic rings. The van der Waals surface area contributed by atoms with E-state index in [1.807, 2.05) is 0 Å². The van der Waals surface area contributed by atoms with Crippen LogP contribution in [0.2, 0.25) is 0 Å². The summed E-state index contributed by atoms with van der Waals surface area (Å²) in [5, 5.41) is 8.16. The Morgan fingerprint density at radius 2 is 2.00 bits per heavy atom. The summed E-state index contributed by atoms with van der Waals surface area (Å²) in [6, 6.07) is 4.88. The fourth-order valence-electron chi connectivity index (χ4n) is 1.54. The number of carbonyl (C=O) groups excluding carboxylic acids is 2. The molecule has 6 heteroatoms. The van der Waals surface area contributed by atoms with Crippen molar-refractivity contribution in [3.8, 4) is 5.75 Å². The molecule has 19 heavy (non-hydrogen) atoms. The van der Waals surface area contributed by atoms with E-state index in [4.69, 9.17) is 4.74 Å². The van der Waals surface area contributed by atoms with E-state index < -0.39 is 0 Å². The maximum absolute atomic E-state index is 11.7. The Hall–Kier alpha value is -2.08. The van der Waals surface area contributed by atoms with Gasteiger partial charge in [-0.1, -0.05) is 0 Å². The first-order valence-electron chi connectivity index (χ1n) is 5.97. The van der Waals surface area contributed by atoms with Gasteiger partial charge < -0.3 is 20.7 Å². The highest BCUT2D eigenvalue weighted by Crippen LogP contribution is 2.25. The van der Waals surface area contributed by atoms with Crippen LogP contribution in [0.25, 0.3) is 0 Å². The standard InChI is InChI=1S/C13H19N3O3/c1-14-7-6-12(17)16-10-8-9(13(18)15-2)4-5-11(10)19-3/h4-5,8,14H,6-7H2,1-3H3,(H,15,18)(H,16,17). The predicted octanol–water partition coefficient (Wildman–Crippen LogP) is 0.603. The first kappa shape index (κ1) is 15.0. The molecule has 0 atom stereocenters. The molecule has 0 radical (unpaired) electrons. The van der Waals surface area contributed by atoms with Crippen LogP contribution in [-0.2, 0) is 4.79 Å². The van der Waals surface area contributed by atoms with Crippen molar-refractivity contribution in [1.29, 1.82) is 0 Å². The van der Waals surface area contributed by atoms with Crippen LogP contribution in [0.15, 0.2) is 18.2 Å². The number of methoxy groups -OCH3 is 1. The van der Waals surface area contributed by atoms with Crippen LogP contribution in [0.1, 0.15) is 16.8 Å². The van der Waals surface area contributed by atoms with Gasteiger partial charge in [0.2, 0.25) is 5.91 Å². The van der Waals surface area contributed by atoms with Crippen LogP contribution in [0.3, 0.4) is 0 Å². The maximum Gasteiger partial charge on any atom is 0.251 e. The van der Waals surface area contributed by atoms with Gasteiger partial charge >= 0.3 is 0 Å². The largest absolute Gasteiger partial charge is 0.495 e. The molecule has 0 aromatic heterocycles. The van der Waals surface area contributed by atoms with E-state index in [9.17, 15) is 9.59 Å². The minimum Gasteiger partial charge on any atom is -0.495 e. The highest BCUT2D eigenvalue weighted by atomic mass is 16.5. The molecule has 2 amide bonds. The normalized spacial score (nSPS) is 9.84. The van der Waals surface area contributed by atoms with Gasteiger partial charge in [-0.25, -0.2) is 0 Å². The molecule has 3 N–H and O–H groups in total. The monoisotopic (exact) mass is 265 g/mol. The van der Waals surface area contributed by atoms with Gasteiger partial charge in [0.1, 0.15) is 5.75 Å². The average Bonchev–Trinajstić information content (AvgIpc) is 2.44. The van der Waals surface area contributed by atoms with Crippen molar-refractivity contribution in [2.45, 2.75) is 6.42 Å². The molecule has 0 bridgehead atoms. The third-order valence-corrected chi connectivity index (χ3v) is 2.56. The van der Waals surface area contributed by atoms with Crippen molar-refractivity contribution in [3.63, 3.8) is 0 Å². The third kappa shape index (κ3) is 4.26. The number of carbonyl (C=O) groups is 2. The second-order valence-electron chi connectivity index (χ2n) is 3.90. The summed E-state index contributed by atoms with van der Waals surface area (Å²) in [5.41, 5.74) is 0.955. The van der Waals surface area contributed by atoms with E-state index in [0.29, 0.717) is 30.0 Å². The molecule has 1 aromatic carbocycles. The molecule has 0 aliphatic heterocycles. The molecule has 0 saturated heterocycles. The van der Waals surface area contributed by atoms with E-state index in [-0.39, 0.29) is 11.8 Å². The zero-order chi connectivity index (χ0) is 14.3. The van der Waals surface area contributed by atoms with Crippen LogP contribution >= 0.6 is 0 Å². The van der Waals surface area contributed by atoms with E-state index in [0.717, 1.165) is 0 Å². The lowest BCUT2D eigenvalue weighted by Gasteiger charge is -2.11. The summed E-state index contributed by atoms with van der Waals surface area (Å²) >= 11 is 0. The van der Waals surface area contributed by atoms with Crippen LogP contribution < -0.4 is 20.7 Å². The number of hydrogen-bond donors (Lipinski definition) is 3. The van der Waals surface area contributed by atoms with Crippen molar-refractivity contribution >= 4 is 17.5 Å². The number of benzene rings is 1. The van der Waals surface area contributed by atoms with E-state index in [1.54, 1.807) is 32.3 Å². The topological polar surface area (TPSA) is 79.5 Å². The number of amides is 2. The minimum atomic E-state index is -0.214. The first-order valence-corrected chi connectivity index (χ1v) is 5.97. The van der Waals surface area contributed by atoms with E-state index in [1.165, 1.54) is 7.11 Å². The second-order valence-corrected chi connectivity index (χ2v) is 3.90. The Morgan fingerprint density at radius 3 is 2.58 bits per heavy atom. The summed E-state index contributed by atoms with van der Waals surface area (Å²) < 4.78 is 5.16. The summed E-state index contributed by atoms with van der Waals surface area (Å²) in [6.07, 6.45) is 0.351. The summed E-state index contributed by atoms with van der Waals surface area (Å²) in [5.74, 6) is 0.167. The fourth-order valence-corrected chi connectivity index (χ4v) is 1.54. The smallest absolute Gasteiger partial charge is 0.251 e. The number of nitrogens with one attached hydrogen (secondary N) is 3. The van der Waals surface area contributed by atoms with Gasteiger partial charge in [-0.05, 0) is 25.2 Å². The molecule has 0 saturated carbocycles. The van der Waals surface area contributed by atoms with Crippen LogP contribution in [0.4, 0.5) is 5.69 Å². The Balaban J connectivity index is 2.89. The lowest BCUT2D eigenvalue weighted by atomic mass is 10.1. The molecule has 0 spiro atoms. The van der Waals surface area contributed by atoms with Crippen molar-refractivity contribution in [1.82, 2.24) is 10.6 Å². The van der Waals surface area contributed by atoms with Crippen LogP contribution in [0.5, 0.6) is 5.75 Å². The number of rotatable bonds is 6. The second kappa shape index (κ2) is 7.38. The SMILES string of the molecule is CNCCC(=O)Nc1cc(C(=O)NC)ccc1OC. The van der Waals surface area contributed by atoms with Gasteiger partial charge in [0.15, 0.2) is 0 Å². The highest BCUT2D eigenvalue weighted by molar-refractivity contribution is 5.98. The summed E-state index contributed by atoms with van der Waals surface area (Å²) in [7, 11) is 4.84. The third-order valence-electron chi connectivity index (χ3n) is 2.56. The molecule has 1 rings (SSSR count). The zero-order valence-electron chi connectivity index (χ0n) is 11.4. The number of anilines is 1. The minimum absolute atomic E-state index is 0.137. The molecule has 0 aliphatic carbocycles. The molecule has 0 unspecified atom stereocenters. The van der Waals surface area contributed by atoms with Gasteiger partial charge in [-0.15, -0.1) is 0 Å². The van der Waals surface area contributed by atoms with Crippen molar-refractivity contribution in [2.24, 2.45) is 0 Å². The lowest BCUT2D eigenvalue weighted by Crippen LogP contribution is -2.20.